The summed E-state index contributed by atoms with van der Waals surface area (Å²) >= 11 is 0. The SMILES string of the molecule is CCCCCCC(=O)C1C(=O)OCC1COC. The zero-order valence-corrected chi connectivity index (χ0v) is 10.7. The van der Waals surface area contributed by atoms with Crippen molar-refractivity contribution in [2.24, 2.45) is 11.8 Å². The van der Waals surface area contributed by atoms with Gasteiger partial charge in [0.05, 0.1) is 13.2 Å². The Kier molecular flexibility index (Phi) is 6.19. The van der Waals surface area contributed by atoms with Crippen LogP contribution in [0.25, 0.3) is 0 Å². The highest BCUT2D eigenvalue weighted by atomic mass is 16.5. The lowest BCUT2D eigenvalue weighted by Gasteiger charge is -2.12. The molecule has 1 rings (SSSR count). The molecule has 17 heavy (non-hydrogen) atoms. The predicted molar refractivity (Wildman–Crippen MR) is 63.6 cm³/mol. The highest BCUT2D eigenvalue weighted by Crippen LogP contribution is 2.25. The summed E-state index contributed by atoms with van der Waals surface area (Å²) in [5.74, 6) is -1.03. The summed E-state index contributed by atoms with van der Waals surface area (Å²) in [6, 6.07) is 0. The molecule has 0 N–H and O–H groups in total. The first-order valence-electron chi connectivity index (χ1n) is 6.39. The minimum atomic E-state index is -0.587. The van der Waals surface area contributed by atoms with Gasteiger partial charge in [-0.2, -0.15) is 0 Å². The Morgan fingerprint density at radius 1 is 1.41 bits per heavy atom. The van der Waals surface area contributed by atoms with Crippen molar-refractivity contribution in [2.75, 3.05) is 20.3 Å². The molecule has 1 aliphatic rings. The number of methoxy groups -OCH3 is 1. The summed E-state index contributed by atoms with van der Waals surface area (Å²) in [5.41, 5.74) is 0. The van der Waals surface area contributed by atoms with E-state index in [2.05, 4.69) is 6.92 Å². The molecular weight excluding hydrogens is 220 g/mol. The Morgan fingerprint density at radius 3 is 2.82 bits per heavy atom. The maximum Gasteiger partial charge on any atom is 0.316 e. The number of carbonyl (C=O) groups is 2. The predicted octanol–water partition coefficient (Wildman–Crippen LogP) is 1.96. The number of Topliss-reactive ketones (excluding diaryl/α,β-unsaturated/α-hetero) is 1. The van der Waals surface area contributed by atoms with Gasteiger partial charge in [0.15, 0.2) is 0 Å². The Hall–Kier alpha value is -0.900. The molecule has 0 saturated carbocycles. The summed E-state index contributed by atoms with van der Waals surface area (Å²) < 4.78 is 9.95. The topological polar surface area (TPSA) is 52.6 Å². The molecule has 4 heteroatoms. The molecule has 98 valence electrons. The maximum atomic E-state index is 11.9. The second-order valence-electron chi connectivity index (χ2n) is 4.60. The van der Waals surface area contributed by atoms with Gasteiger partial charge in [-0.3, -0.25) is 9.59 Å². The summed E-state index contributed by atoms with van der Waals surface area (Å²) in [5, 5.41) is 0. The van der Waals surface area contributed by atoms with Gasteiger partial charge in [0.25, 0.3) is 0 Å². The van der Waals surface area contributed by atoms with Gasteiger partial charge in [-0.15, -0.1) is 0 Å². The summed E-state index contributed by atoms with van der Waals surface area (Å²) in [6.07, 6.45) is 4.70. The minimum Gasteiger partial charge on any atom is -0.465 e. The lowest BCUT2D eigenvalue weighted by Crippen LogP contribution is -2.28. The van der Waals surface area contributed by atoms with E-state index in [1.54, 1.807) is 7.11 Å². The molecule has 2 unspecified atom stereocenters. The molecule has 1 heterocycles. The Balaban J connectivity index is 2.39. The van der Waals surface area contributed by atoms with Gasteiger partial charge >= 0.3 is 5.97 Å². The lowest BCUT2D eigenvalue weighted by molar-refractivity contribution is -0.144. The zero-order valence-electron chi connectivity index (χ0n) is 10.7. The van der Waals surface area contributed by atoms with Crippen LogP contribution >= 0.6 is 0 Å². The highest BCUT2D eigenvalue weighted by Gasteiger charge is 2.41. The monoisotopic (exact) mass is 242 g/mol. The molecular formula is C13H22O4. The number of cyclic esters (lactones) is 1. The average Bonchev–Trinajstić information content (AvgIpc) is 2.66. The van der Waals surface area contributed by atoms with Crippen molar-refractivity contribution in [3.05, 3.63) is 0 Å². The standard InChI is InChI=1S/C13H22O4/c1-3-4-5-6-7-11(14)12-10(8-16-2)9-17-13(12)15/h10,12H,3-9H2,1-2H3. The van der Waals surface area contributed by atoms with Crippen molar-refractivity contribution < 1.29 is 19.1 Å². The Bertz CT molecular complexity index is 262. The number of ketones is 1. The van der Waals surface area contributed by atoms with E-state index in [1.807, 2.05) is 0 Å². The Labute approximate surface area is 103 Å². The third kappa shape index (κ3) is 4.11. The van der Waals surface area contributed by atoms with E-state index < -0.39 is 5.92 Å². The van der Waals surface area contributed by atoms with Crippen LogP contribution in [0.1, 0.15) is 39.0 Å². The second kappa shape index (κ2) is 7.43. The molecule has 0 aromatic rings. The van der Waals surface area contributed by atoms with Gasteiger partial charge in [0.2, 0.25) is 0 Å². The fourth-order valence-electron chi connectivity index (χ4n) is 2.20. The van der Waals surface area contributed by atoms with Crippen molar-refractivity contribution in [1.82, 2.24) is 0 Å². The van der Waals surface area contributed by atoms with Crippen LogP contribution in [-0.4, -0.2) is 32.1 Å². The van der Waals surface area contributed by atoms with E-state index in [4.69, 9.17) is 9.47 Å². The molecule has 0 amide bonds. The van der Waals surface area contributed by atoms with E-state index in [-0.39, 0.29) is 17.7 Å². The van der Waals surface area contributed by atoms with E-state index in [0.29, 0.717) is 19.6 Å². The minimum absolute atomic E-state index is 0.0191. The van der Waals surface area contributed by atoms with E-state index in [0.717, 1.165) is 25.7 Å². The summed E-state index contributed by atoms with van der Waals surface area (Å²) in [4.78, 5) is 23.4. The van der Waals surface area contributed by atoms with Gasteiger partial charge in [-0.25, -0.2) is 0 Å². The molecule has 1 saturated heterocycles. The highest BCUT2D eigenvalue weighted by molar-refractivity contribution is 6.00. The fraction of sp³-hybridized carbons (Fsp3) is 0.846. The number of carbonyl (C=O) groups excluding carboxylic acids is 2. The third-order valence-corrected chi connectivity index (χ3v) is 3.17. The number of ether oxygens (including phenoxy) is 2. The van der Waals surface area contributed by atoms with Crippen molar-refractivity contribution in [1.29, 1.82) is 0 Å². The number of hydrogen-bond acceptors (Lipinski definition) is 4. The number of rotatable bonds is 8. The van der Waals surface area contributed by atoms with Gasteiger partial charge in [-0.05, 0) is 6.42 Å². The first kappa shape index (κ1) is 14.2. The molecule has 0 aliphatic carbocycles. The third-order valence-electron chi connectivity index (χ3n) is 3.17. The van der Waals surface area contributed by atoms with Crippen LogP contribution in [0, 0.1) is 11.8 Å². The molecule has 0 bridgehead atoms. The molecule has 0 spiro atoms. The molecule has 0 radical (unpaired) electrons. The smallest absolute Gasteiger partial charge is 0.316 e. The van der Waals surface area contributed by atoms with Crippen molar-refractivity contribution >= 4 is 11.8 Å². The average molecular weight is 242 g/mol. The molecule has 4 nitrogen and oxygen atoms in total. The van der Waals surface area contributed by atoms with Crippen molar-refractivity contribution in [2.45, 2.75) is 39.0 Å². The number of esters is 1. The molecule has 0 aromatic heterocycles. The van der Waals surface area contributed by atoms with Gasteiger partial charge < -0.3 is 9.47 Å². The molecule has 1 aliphatic heterocycles. The van der Waals surface area contributed by atoms with Crippen molar-refractivity contribution in [3.63, 3.8) is 0 Å². The summed E-state index contributed by atoms with van der Waals surface area (Å²) in [7, 11) is 1.57. The first-order chi connectivity index (χ1) is 8.20. The van der Waals surface area contributed by atoms with Crippen LogP contribution in [-0.2, 0) is 19.1 Å². The van der Waals surface area contributed by atoms with E-state index >= 15 is 0 Å². The van der Waals surface area contributed by atoms with Crippen LogP contribution in [0.15, 0.2) is 0 Å². The molecule has 2 atom stereocenters. The fourth-order valence-corrected chi connectivity index (χ4v) is 2.20. The summed E-state index contributed by atoms with van der Waals surface area (Å²) in [6.45, 7) is 2.86. The van der Waals surface area contributed by atoms with Crippen LogP contribution in [0.5, 0.6) is 0 Å². The largest absolute Gasteiger partial charge is 0.465 e. The Morgan fingerprint density at radius 2 is 2.18 bits per heavy atom. The maximum absolute atomic E-state index is 11.9. The number of unbranched alkanes of at least 4 members (excludes halogenated alkanes) is 3. The zero-order chi connectivity index (χ0) is 12.7. The first-order valence-corrected chi connectivity index (χ1v) is 6.39. The second-order valence-corrected chi connectivity index (χ2v) is 4.60. The molecule has 0 aromatic carbocycles. The van der Waals surface area contributed by atoms with Gasteiger partial charge in [0.1, 0.15) is 11.7 Å². The van der Waals surface area contributed by atoms with Crippen molar-refractivity contribution in [3.8, 4) is 0 Å². The normalized spacial score (nSPS) is 23.8. The van der Waals surface area contributed by atoms with E-state index in [9.17, 15) is 9.59 Å². The van der Waals surface area contributed by atoms with Crippen LogP contribution in [0.3, 0.4) is 0 Å². The quantitative estimate of drug-likeness (QED) is 0.371. The van der Waals surface area contributed by atoms with Gasteiger partial charge in [-0.1, -0.05) is 26.2 Å². The van der Waals surface area contributed by atoms with E-state index in [1.165, 1.54) is 0 Å². The van der Waals surface area contributed by atoms with Crippen LogP contribution < -0.4 is 0 Å². The van der Waals surface area contributed by atoms with Gasteiger partial charge in [0, 0.05) is 19.4 Å². The molecule has 1 fully saturated rings. The lowest BCUT2D eigenvalue weighted by atomic mass is 9.89. The van der Waals surface area contributed by atoms with Crippen LogP contribution in [0.2, 0.25) is 0 Å². The van der Waals surface area contributed by atoms with Crippen LogP contribution in [0.4, 0.5) is 0 Å². The number of hydrogen-bond donors (Lipinski definition) is 0.